The number of ether oxygens (including phenoxy) is 1. The third-order valence-corrected chi connectivity index (χ3v) is 5.37. The molecule has 6 nitrogen and oxygen atoms in total. The lowest BCUT2D eigenvalue weighted by molar-refractivity contribution is -0.137. The smallest absolute Gasteiger partial charge is 0.383 e. The van der Waals surface area contributed by atoms with Crippen molar-refractivity contribution >= 4 is 5.82 Å². The molecule has 2 aromatic heterocycles. The number of allylic oxidation sites excluding steroid dienone is 1. The number of hydrogen-bond acceptors (Lipinski definition) is 5. The number of imidazole rings is 1. The molecule has 1 saturated heterocycles. The van der Waals surface area contributed by atoms with Crippen LogP contribution in [0.15, 0.2) is 30.7 Å². The van der Waals surface area contributed by atoms with Gasteiger partial charge in [-0.1, -0.05) is 6.58 Å². The van der Waals surface area contributed by atoms with Crippen molar-refractivity contribution in [1.29, 1.82) is 0 Å². The van der Waals surface area contributed by atoms with E-state index in [4.69, 9.17) is 10.5 Å². The quantitative estimate of drug-likeness (QED) is 0.792. The van der Waals surface area contributed by atoms with Gasteiger partial charge in [0.05, 0.1) is 24.5 Å². The van der Waals surface area contributed by atoms with Crippen LogP contribution >= 0.6 is 0 Å². The van der Waals surface area contributed by atoms with E-state index < -0.39 is 17.6 Å². The average Bonchev–Trinajstić information content (AvgIpc) is 3.46. The van der Waals surface area contributed by atoms with Crippen LogP contribution in [-0.4, -0.2) is 45.7 Å². The summed E-state index contributed by atoms with van der Waals surface area (Å²) in [4.78, 5) is 10.6. The molecular formula is C20H24F3N5O. The monoisotopic (exact) mass is 407 g/mol. The van der Waals surface area contributed by atoms with E-state index in [-0.39, 0.29) is 0 Å². The van der Waals surface area contributed by atoms with Gasteiger partial charge in [-0.25, -0.2) is 9.97 Å². The van der Waals surface area contributed by atoms with E-state index >= 15 is 0 Å². The minimum atomic E-state index is -4.55. The topological polar surface area (TPSA) is 69.2 Å². The lowest BCUT2D eigenvalue weighted by atomic mass is 10.1. The van der Waals surface area contributed by atoms with E-state index in [2.05, 4.69) is 21.4 Å². The van der Waals surface area contributed by atoms with Crippen LogP contribution in [0.5, 0.6) is 0 Å². The lowest BCUT2D eigenvalue weighted by Gasteiger charge is -2.30. The number of aromatic nitrogens is 3. The average molecular weight is 407 g/mol. The minimum Gasteiger partial charge on any atom is -0.383 e. The van der Waals surface area contributed by atoms with Crippen LogP contribution in [0.1, 0.15) is 36.6 Å². The SMILES string of the molecule is C=C(CCn1cc(-c2cnc(N)c(C(F)(F)F)c2)nc1C1CC1)N1CCOCC1. The van der Waals surface area contributed by atoms with Crippen molar-refractivity contribution in [1.82, 2.24) is 19.4 Å². The minimum absolute atomic E-state index is 0.319. The van der Waals surface area contributed by atoms with Gasteiger partial charge in [0.25, 0.3) is 0 Å². The first-order chi connectivity index (χ1) is 13.8. The molecule has 1 aliphatic heterocycles. The Morgan fingerprint density at radius 2 is 2.00 bits per heavy atom. The fourth-order valence-corrected chi connectivity index (χ4v) is 3.55. The number of halogens is 3. The highest BCUT2D eigenvalue weighted by Gasteiger charge is 2.35. The van der Waals surface area contributed by atoms with Gasteiger partial charge in [-0.2, -0.15) is 13.2 Å². The Hall–Kier alpha value is -2.55. The molecule has 1 saturated carbocycles. The molecule has 9 heteroatoms. The highest BCUT2D eigenvalue weighted by Crippen LogP contribution is 2.41. The summed E-state index contributed by atoms with van der Waals surface area (Å²) in [6.07, 6.45) is 1.46. The normalized spacial score (nSPS) is 17.6. The highest BCUT2D eigenvalue weighted by molar-refractivity contribution is 5.62. The second-order valence-corrected chi connectivity index (χ2v) is 7.52. The van der Waals surface area contributed by atoms with Crippen molar-refractivity contribution in [3.05, 3.63) is 42.1 Å². The van der Waals surface area contributed by atoms with Gasteiger partial charge in [0.2, 0.25) is 0 Å². The number of hydrogen-bond donors (Lipinski definition) is 1. The lowest BCUT2D eigenvalue weighted by Crippen LogP contribution is -2.35. The zero-order chi connectivity index (χ0) is 20.6. The van der Waals surface area contributed by atoms with Crippen molar-refractivity contribution < 1.29 is 17.9 Å². The predicted molar refractivity (Wildman–Crippen MR) is 103 cm³/mol. The van der Waals surface area contributed by atoms with Crippen LogP contribution in [0.3, 0.4) is 0 Å². The number of nitrogens with zero attached hydrogens (tertiary/aromatic N) is 4. The standard InChI is InChI=1S/C20H24F3N5O/c1-13(27-6-8-29-9-7-27)4-5-28-12-17(26-19(28)14-2-3-14)15-10-16(20(21,22)23)18(24)25-11-15/h10-12,14H,1-9H2,(H2,24,25). The maximum absolute atomic E-state index is 13.2. The molecule has 156 valence electrons. The molecule has 0 radical (unpaired) electrons. The second kappa shape index (κ2) is 7.70. The van der Waals surface area contributed by atoms with Crippen molar-refractivity contribution in [2.75, 3.05) is 32.0 Å². The first-order valence-corrected chi connectivity index (χ1v) is 9.73. The Morgan fingerprint density at radius 3 is 2.66 bits per heavy atom. The van der Waals surface area contributed by atoms with Gasteiger partial charge in [-0.05, 0) is 18.9 Å². The number of morpholine rings is 1. The molecule has 0 amide bonds. The molecule has 29 heavy (non-hydrogen) atoms. The summed E-state index contributed by atoms with van der Waals surface area (Å²) in [5.74, 6) is 0.759. The fourth-order valence-electron chi connectivity index (χ4n) is 3.55. The summed E-state index contributed by atoms with van der Waals surface area (Å²) in [5.41, 5.74) is 6.33. The van der Waals surface area contributed by atoms with E-state index in [1.807, 2.05) is 10.8 Å². The summed E-state index contributed by atoms with van der Waals surface area (Å²) in [6, 6.07) is 1.03. The van der Waals surface area contributed by atoms with Crippen molar-refractivity contribution in [3.8, 4) is 11.3 Å². The summed E-state index contributed by atoms with van der Waals surface area (Å²) in [7, 11) is 0. The van der Waals surface area contributed by atoms with Gasteiger partial charge in [0.15, 0.2) is 0 Å². The first-order valence-electron chi connectivity index (χ1n) is 9.73. The molecular weight excluding hydrogens is 383 g/mol. The molecule has 0 unspecified atom stereocenters. The number of anilines is 1. The molecule has 3 heterocycles. The van der Waals surface area contributed by atoms with Crippen LogP contribution < -0.4 is 5.73 Å². The molecule has 1 aliphatic carbocycles. The number of aryl methyl sites for hydroxylation is 1. The molecule has 4 rings (SSSR count). The van der Waals surface area contributed by atoms with Crippen LogP contribution in [0.2, 0.25) is 0 Å². The van der Waals surface area contributed by atoms with Gasteiger partial charge in [-0.3, -0.25) is 0 Å². The number of rotatable bonds is 6. The first kappa shape index (κ1) is 19.8. The number of nitrogens with two attached hydrogens (primary N) is 1. The molecule has 2 fully saturated rings. The molecule has 0 spiro atoms. The van der Waals surface area contributed by atoms with E-state index in [9.17, 15) is 13.2 Å². The van der Waals surface area contributed by atoms with Crippen LogP contribution in [0, 0.1) is 0 Å². The summed E-state index contributed by atoms with van der Waals surface area (Å²) < 4.78 is 47.0. The number of alkyl halides is 3. The maximum atomic E-state index is 13.2. The van der Waals surface area contributed by atoms with E-state index in [1.54, 1.807) is 0 Å². The van der Waals surface area contributed by atoms with Crippen LogP contribution in [0.4, 0.5) is 19.0 Å². The van der Waals surface area contributed by atoms with Gasteiger partial charge in [0.1, 0.15) is 11.6 Å². The number of nitrogen functional groups attached to an aromatic ring is 1. The van der Waals surface area contributed by atoms with Crippen molar-refractivity contribution in [2.45, 2.75) is 37.9 Å². The molecule has 0 aromatic carbocycles. The zero-order valence-corrected chi connectivity index (χ0v) is 16.1. The Balaban J connectivity index is 1.55. The van der Waals surface area contributed by atoms with Crippen LogP contribution in [-0.2, 0) is 17.5 Å². The predicted octanol–water partition coefficient (Wildman–Crippen LogP) is 3.66. The van der Waals surface area contributed by atoms with Crippen molar-refractivity contribution in [2.24, 2.45) is 0 Å². The summed E-state index contributed by atoms with van der Waals surface area (Å²) in [5, 5.41) is 0. The molecule has 2 N–H and O–H groups in total. The van der Waals surface area contributed by atoms with Gasteiger partial charge >= 0.3 is 6.18 Å². The third-order valence-electron chi connectivity index (χ3n) is 5.37. The largest absolute Gasteiger partial charge is 0.419 e. The Kier molecular flexibility index (Phi) is 5.24. The van der Waals surface area contributed by atoms with Gasteiger partial charge < -0.3 is 19.9 Å². The van der Waals surface area contributed by atoms with E-state index in [0.717, 1.165) is 49.9 Å². The highest BCUT2D eigenvalue weighted by atomic mass is 19.4. The molecule has 2 aliphatic rings. The fraction of sp³-hybridized carbons (Fsp3) is 0.500. The van der Waals surface area contributed by atoms with Gasteiger partial charge in [-0.15, -0.1) is 0 Å². The zero-order valence-electron chi connectivity index (χ0n) is 16.1. The van der Waals surface area contributed by atoms with Gasteiger partial charge in [0, 0.05) is 55.6 Å². The Morgan fingerprint density at radius 1 is 1.28 bits per heavy atom. The maximum Gasteiger partial charge on any atom is 0.419 e. The van der Waals surface area contributed by atoms with Crippen molar-refractivity contribution in [3.63, 3.8) is 0 Å². The Labute approximate surface area is 167 Å². The number of pyridine rings is 1. The summed E-state index contributed by atoms with van der Waals surface area (Å²) >= 11 is 0. The van der Waals surface area contributed by atoms with Crippen LogP contribution in [0.25, 0.3) is 11.3 Å². The third kappa shape index (κ3) is 4.39. The summed E-state index contributed by atoms with van der Waals surface area (Å²) in [6.45, 7) is 7.94. The molecule has 0 atom stereocenters. The Bertz CT molecular complexity index is 898. The van der Waals surface area contributed by atoms with E-state index in [1.165, 1.54) is 6.20 Å². The molecule has 0 bridgehead atoms. The molecule has 2 aromatic rings. The van der Waals surface area contributed by atoms with E-state index in [0.29, 0.717) is 36.9 Å². The second-order valence-electron chi connectivity index (χ2n) is 7.52.